The predicted octanol–water partition coefficient (Wildman–Crippen LogP) is 3.14. The molecule has 0 spiro atoms. The highest BCUT2D eigenvalue weighted by molar-refractivity contribution is 7.08. The van der Waals surface area contributed by atoms with Crippen LogP contribution in [0.3, 0.4) is 0 Å². The van der Waals surface area contributed by atoms with Gasteiger partial charge < -0.3 is 0 Å². The van der Waals surface area contributed by atoms with Crippen molar-refractivity contribution in [3.63, 3.8) is 0 Å². The third-order valence-corrected chi connectivity index (χ3v) is 4.78. The Morgan fingerprint density at radius 2 is 2.05 bits per heavy atom. The number of hydrazone groups is 1. The molecule has 1 aromatic carbocycles. The summed E-state index contributed by atoms with van der Waals surface area (Å²) in [6.45, 7) is 0.714. The van der Waals surface area contributed by atoms with E-state index in [2.05, 4.69) is 27.6 Å². The minimum Gasteiger partial charge on any atom is -0.255 e. The van der Waals surface area contributed by atoms with E-state index in [1.54, 1.807) is 23.4 Å². The van der Waals surface area contributed by atoms with Gasteiger partial charge in [0.15, 0.2) is 5.84 Å². The van der Waals surface area contributed by atoms with Crippen LogP contribution in [0.5, 0.6) is 0 Å². The highest BCUT2D eigenvalue weighted by atomic mass is 32.1. The summed E-state index contributed by atoms with van der Waals surface area (Å²) in [4.78, 5) is 12.4. The third kappa shape index (κ3) is 1.99. The molecule has 2 amide bonds. The van der Waals surface area contributed by atoms with Gasteiger partial charge in [0.2, 0.25) is 0 Å². The quantitative estimate of drug-likeness (QED) is 0.854. The number of fused-ring (bicyclic) bond motifs is 1. The first-order chi connectivity index (χ1) is 10.8. The van der Waals surface area contributed by atoms with Gasteiger partial charge in [-0.25, -0.2) is 14.8 Å². The summed E-state index contributed by atoms with van der Waals surface area (Å²) in [5, 5.41) is 13.9. The van der Waals surface area contributed by atoms with Crippen LogP contribution in [0.2, 0.25) is 0 Å². The predicted molar refractivity (Wildman–Crippen MR) is 86.4 cm³/mol. The fraction of sp³-hybridized carbons (Fsp3) is 0.250. The van der Waals surface area contributed by atoms with Crippen LogP contribution in [0.25, 0.3) is 0 Å². The molecule has 0 N–H and O–H groups in total. The number of hydrogen-bond donors (Lipinski definition) is 0. The van der Waals surface area contributed by atoms with E-state index in [0.29, 0.717) is 6.54 Å². The van der Waals surface area contributed by atoms with Crippen LogP contribution in [0, 0.1) is 0 Å². The standard InChI is InChI=1S/C16H16N4OS/c1-18-16(21)19-9-7-14(12-5-3-2-4-6-12)20(19)15(17-18)13-8-10-22-11-13/h2-6,8,10-11,14H,7,9H2,1H3. The van der Waals surface area contributed by atoms with Crippen LogP contribution in [-0.2, 0) is 0 Å². The molecule has 1 fully saturated rings. The van der Waals surface area contributed by atoms with Crippen LogP contribution in [0.15, 0.2) is 52.3 Å². The molecule has 6 heteroatoms. The summed E-state index contributed by atoms with van der Waals surface area (Å²) < 4.78 is 0. The number of nitrogens with zero attached hydrogens (tertiary/aromatic N) is 4. The molecule has 2 aromatic rings. The highest BCUT2D eigenvalue weighted by Gasteiger charge is 2.42. The average molecular weight is 312 g/mol. The molecule has 1 unspecified atom stereocenters. The molecule has 0 saturated carbocycles. The van der Waals surface area contributed by atoms with Crippen molar-refractivity contribution < 1.29 is 4.79 Å². The Labute approximate surface area is 133 Å². The van der Waals surface area contributed by atoms with Crippen molar-refractivity contribution >= 4 is 23.2 Å². The van der Waals surface area contributed by atoms with E-state index in [1.165, 1.54) is 10.6 Å². The molecular weight excluding hydrogens is 296 g/mol. The number of hydrogen-bond acceptors (Lipinski definition) is 4. The van der Waals surface area contributed by atoms with Gasteiger partial charge in [-0.3, -0.25) is 5.01 Å². The van der Waals surface area contributed by atoms with E-state index in [9.17, 15) is 4.79 Å². The Morgan fingerprint density at radius 3 is 2.77 bits per heavy atom. The Kier molecular flexibility index (Phi) is 3.11. The molecule has 2 aliphatic rings. The Bertz CT molecular complexity index is 713. The fourth-order valence-corrected chi connectivity index (χ4v) is 3.69. The van der Waals surface area contributed by atoms with Gasteiger partial charge in [-0.15, -0.1) is 5.10 Å². The zero-order chi connectivity index (χ0) is 15.1. The van der Waals surface area contributed by atoms with Crippen molar-refractivity contribution in [1.82, 2.24) is 15.0 Å². The van der Waals surface area contributed by atoms with Gasteiger partial charge in [-0.1, -0.05) is 30.3 Å². The van der Waals surface area contributed by atoms with Crippen LogP contribution in [-0.4, -0.2) is 40.5 Å². The SMILES string of the molecule is CN1N=C(c2ccsc2)N2C(c3ccccc3)CCN2C1=O. The Morgan fingerprint density at radius 1 is 1.23 bits per heavy atom. The highest BCUT2D eigenvalue weighted by Crippen LogP contribution is 2.36. The topological polar surface area (TPSA) is 39.1 Å². The minimum absolute atomic E-state index is 0.0718. The number of carbonyl (C=O) groups excluding carboxylic acids is 1. The monoisotopic (exact) mass is 312 g/mol. The largest absolute Gasteiger partial charge is 0.359 e. The first-order valence-electron chi connectivity index (χ1n) is 7.26. The summed E-state index contributed by atoms with van der Waals surface area (Å²) in [5.74, 6) is 0.842. The number of amidine groups is 1. The van der Waals surface area contributed by atoms with Crippen LogP contribution in [0.4, 0.5) is 4.79 Å². The Balaban J connectivity index is 1.80. The molecule has 1 aromatic heterocycles. The summed E-state index contributed by atoms with van der Waals surface area (Å²) in [6, 6.07) is 12.4. The lowest BCUT2D eigenvalue weighted by molar-refractivity contribution is 0.0644. The van der Waals surface area contributed by atoms with E-state index >= 15 is 0 Å². The fourth-order valence-electron chi connectivity index (χ4n) is 3.06. The second kappa shape index (κ2) is 5.14. The van der Waals surface area contributed by atoms with Crippen LogP contribution < -0.4 is 0 Å². The van der Waals surface area contributed by atoms with E-state index in [4.69, 9.17) is 0 Å². The summed E-state index contributed by atoms with van der Waals surface area (Å²) >= 11 is 1.64. The minimum atomic E-state index is -0.0718. The van der Waals surface area contributed by atoms with Gasteiger partial charge in [-0.05, 0) is 23.4 Å². The van der Waals surface area contributed by atoms with E-state index in [0.717, 1.165) is 17.8 Å². The molecule has 3 heterocycles. The summed E-state index contributed by atoms with van der Waals surface area (Å²) in [5.41, 5.74) is 2.27. The molecule has 4 rings (SSSR count). The van der Waals surface area contributed by atoms with Crippen molar-refractivity contribution in [1.29, 1.82) is 0 Å². The van der Waals surface area contributed by atoms with Crippen LogP contribution in [0.1, 0.15) is 23.6 Å². The van der Waals surface area contributed by atoms with Crippen LogP contribution >= 0.6 is 11.3 Å². The lowest BCUT2D eigenvalue weighted by Gasteiger charge is -2.39. The molecule has 0 radical (unpaired) electrons. The summed E-state index contributed by atoms with van der Waals surface area (Å²) in [6.07, 6.45) is 0.909. The number of hydrazine groups is 1. The molecule has 1 saturated heterocycles. The molecule has 22 heavy (non-hydrogen) atoms. The number of carbonyl (C=O) groups is 1. The van der Waals surface area contributed by atoms with E-state index in [1.807, 2.05) is 29.6 Å². The maximum Gasteiger partial charge on any atom is 0.359 e. The molecule has 0 aliphatic carbocycles. The van der Waals surface area contributed by atoms with Crippen molar-refractivity contribution in [3.8, 4) is 0 Å². The van der Waals surface area contributed by atoms with Gasteiger partial charge in [0.05, 0.1) is 6.04 Å². The zero-order valence-corrected chi connectivity index (χ0v) is 13.0. The van der Waals surface area contributed by atoms with Gasteiger partial charge in [0.1, 0.15) is 0 Å². The zero-order valence-electron chi connectivity index (χ0n) is 12.2. The number of amides is 2. The van der Waals surface area contributed by atoms with Crippen molar-refractivity contribution in [3.05, 3.63) is 58.3 Å². The van der Waals surface area contributed by atoms with E-state index in [-0.39, 0.29) is 12.1 Å². The second-order valence-corrected chi connectivity index (χ2v) is 6.20. The Hall–Kier alpha value is -2.34. The van der Waals surface area contributed by atoms with Crippen molar-refractivity contribution in [2.24, 2.45) is 5.10 Å². The first-order valence-corrected chi connectivity index (χ1v) is 8.20. The second-order valence-electron chi connectivity index (χ2n) is 5.42. The molecular formula is C16H16N4OS. The van der Waals surface area contributed by atoms with Gasteiger partial charge in [0, 0.05) is 24.5 Å². The lowest BCUT2D eigenvalue weighted by atomic mass is 10.0. The number of urea groups is 1. The third-order valence-electron chi connectivity index (χ3n) is 4.09. The van der Waals surface area contributed by atoms with Gasteiger partial charge >= 0.3 is 6.03 Å². The maximum absolute atomic E-state index is 12.4. The smallest absolute Gasteiger partial charge is 0.255 e. The number of rotatable bonds is 2. The van der Waals surface area contributed by atoms with Gasteiger partial charge in [0.25, 0.3) is 0 Å². The number of benzene rings is 1. The summed E-state index contributed by atoms with van der Waals surface area (Å²) in [7, 11) is 1.71. The van der Waals surface area contributed by atoms with Crippen molar-refractivity contribution in [2.75, 3.05) is 13.6 Å². The number of thiophene rings is 1. The molecule has 0 bridgehead atoms. The average Bonchev–Trinajstić information content (AvgIpc) is 3.21. The molecule has 1 atom stereocenters. The first kappa shape index (κ1) is 13.3. The lowest BCUT2D eigenvalue weighted by Crippen LogP contribution is -2.54. The molecule has 2 aliphatic heterocycles. The molecule has 5 nitrogen and oxygen atoms in total. The van der Waals surface area contributed by atoms with E-state index < -0.39 is 0 Å². The molecule has 112 valence electrons. The maximum atomic E-state index is 12.4. The van der Waals surface area contributed by atoms with Gasteiger partial charge in [-0.2, -0.15) is 11.3 Å². The van der Waals surface area contributed by atoms with Crippen molar-refractivity contribution in [2.45, 2.75) is 12.5 Å². The normalized spacial score (nSPS) is 21.1.